The second kappa shape index (κ2) is 7.59. The third-order valence-corrected chi connectivity index (χ3v) is 2.54. The van der Waals surface area contributed by atoms with E-state index in [1.54, 1.807) is 6.20 Å². The molecule has 1 amide bonds. The summed E-state index contributed by atoms with van der Waals surface area (Å²) >= 11 is 3.31. The van der Waals surface area contributed by atoms with Crippen molar-refractivity contribution in [3.63, 3.8) is 0 Å². The lowest BCUT2D eigenvalue weighted by Crippen LogP contribution is -2.15. The van der Waals surface area contributed by atoms with Gasteiger partial charge in [0.25, 0.3) is 5.91 Å². The van der Waals surface area contributed by atoms with Crippen molar-refractivity contribution in [2.24, 2.45) is 5.73 Å². The van der Waals surface area contributed by atoms with Crippen molar-refractivity contribution in [3.8, 4) is 5.75 Å². The van der Waals surface area contributed by atoms with Gasteiger partial charge < -0.3 is 10.8 Å². The van der Waals surface area contributed by atoms with E-state index in [1.807, 2.05) is 16.9 Å². The number of phenols is 1. The Labute approximate surface area is 122 Å². The van der Waals surface area contributed by atoms with Gasteiger partial charge in [0.2, 0.25) is 0 Å². The predicted molar refractivity (Wildman–Crippen MR) is 72.6 cm³/mol. The van der Waals surface area contributed by atoms with Crippen LogP contribution in [-0.2, 0) is 6.54 Å². The number of halogens is 3. The van der Waals surface area contributed by atoms with Gasteiger partial charge in [-0.25, -0.2) is 8.78 Å². The molecule has 0 bridgehead atoms. The number of benzene rings is 1. The zero-order valence-electron chi connectivity index (χ0n) is 10.3. The lowest BCUT2D eigenvalue weighted by Gasteiger charge is -2.00. The first-order valence-corrected chi connectivity index (χ1v) is 6.59. The SMILES string of the molecule is BrCCn1cccn1.NC(=O)c1c(F)ccc(O)c1F. The fourth-order valence-corrected chi connectivity index (χ4v) is 1.65. The van der Waals surface area contributed by atoms with Crippen LogP contribution in [0.3, 0.4) is 0 Å². The summed E-state index contributed by atoms with van der Waals surface area (Å²) in [5, 5.41) is 13.7. The molecule has 20 heavy (non-hydrogen) atoms. The number of carbonyl (C=O) groups is 1. The van der Waals surface area contributed by atoms with Crippen LogP contribution in [0.4, 0.5) is 8.78 Å². The highest BCUT2D eigenvalue weighted by atomic mass is 79.9. The Kier molecular flexibility index (Phi) is 6.10. The second-order valence-corrected chi connectivity index (χ2v) is 4.37. The Bertz CT molecular complexity index is 576. The summed E-state index contributed by atoms with van der Waals surface area (Å²) in [5.74, 6) is -4.47. The topological polar surface area (TPSA) is 81.1 Å². The number of carbonyl (C=O) groups excluding carboxylic acids is 1. The third-order valence-electron chi connectivity index (χ3n) is 2.19. The van der Waals surface area contributed by atoms with Crippen molar-refractivity contribution < 1.29 is 18.7 Å². The molecule has 0 spiro atoms. The maximum Gasteiger partial charge on any atom is 0.254 e. The first-order valence-electron chi connectivity index (χ1n) is 5.47. The molecule has 5 nitrogen and oxygen atoms in total. The van der Waals surface area contributed by atoms with Gasteiger partial charge in [-0.15, -0.1) is 0 Å². The number of aromatic nitrogens is 2. The minimum atomic E-state index is -1.33. The molecule has 1 aromatic carbocycles. The van der Waals surface area contributed by atoms with E-state index in [4.69, 9.17) is 5.11 Å². The van der Waals surface area contributed by atoms with Gasteiger partial charge in [0.05, 0.1) is 6.54 Å². The molecule has 0 radical (unpaired) electrons. The molecule has 2 aromatic rings. The molecule has 108 valence electrons. The van der Waals surface area contributed by atoms with Gasteiger partial charge in [0, 0.05) is 17.7 Å². The molecule has 0 aliphatic rings. The summed E-state index contributed by atoms with van der Waals surface area (Å²) in [5.41, 5.74) is 3.73. The van der Waals surface area contributed by atoms with Crippen LogP contribution in [0.5, 0.6) is 5.75 Å². The molecule has 0 atom stereocenters. The first-order chi connectivity index (χ1) is 9.47. The molecule has 0 saturated carbocycles. The summed E-state index contributed by atoms with van der Waals surface area (Å²) in [7, 11) is 0. The Morgan fingerprint density at radius 3 is 2.60 bits per heavy atom. The summed E-state index contributed by atoms with van der Waals surface area (Å²) in [6.07, 6.45) is 3.73. The van der Waals surface area contributed by atoms with E-state index in [2.05, 4.69) is 26.8 Å². The molecule has 8 heteroatoms. The minimum Gasteiger partial charge on any atom is -0.505 e. The zero-order valence-corrected chi connectivity index (χ0v) is 11.8. The number of rotatable bonds is 3. The fourth-order valence-electron chi connectivity index (χ4n) is 1.29. The van der Waals surface area contributed by atoms with Crippen LogP contribution in [0, 0.1) is 11.6 Å². The summed E-state index contributed by atoms with van der Waals surface area (Å²) in [6.45, 7) is 0.951. The van der Waals surface area contributed by atoms with E-state index in [9.17, 15) is 13.6 Å². The number of phenolic OH excluding ortho intramolecular Hbond substituents is 1. The minimum absolute atomic E-state index is 0.762. The predicted octanol–water partition coefficient (Wildman–Crippen LogP) is 2.05. The second-order valence-electron chi connectivity index (χ2n) is 3.58. The number of amides is 1. The number of alkyl halides is 1. The molecule has 1 aromatic heterocycles. The zero-order chi connectivity index (χ0) is 15.1. The highest BCUT2D eigenvalue weighted by Gasteiger charge is 2.17. The molecule has 0 aliphatic carbocycles. The van der Waals surface area contributed by atoms with Crippen molar-refractivity contribution in [1.82, 2.24) is 9.78 Å². The van der Waals surface area contributed by atoms with Crippen LogP contribution < -0.4 is 5.73 Å². The van der Waals surface area contributed by atoms with Crippen molar-refractivity contribution in [3.05, 3.63) is 47.8 Å². The standard InChI is InChI=1S/C7H5F2NO2.C5H7BrN2/c8-3-1-2-4(11)6(9)5(3)7(10)12;6-2-5-8-4-1-3-7-8/h1-2,11H,(H2,10,12);1,3-4H,2,5H2. The van der Waals surface area contributed by atoms with Crippen molar-refractivity contribution in [2.75, 3.05) is 5.33 Å². The largest absolute Gasteiger partial charge is 0.505 e. The van der Waals surface area contributed by atoms with Crippen molar-refractivity contribution in [1.29, 1.82) is 0 Å². The van der Waals surface area contributed by atoms with Crippen LogP contribution in [0.25, 0.3) is 0 Å². The molecule has 0 unspecified atom stereocenters. The maximum absolute atomic E-state index is 12.7. The fraction of sp³-hybridized carbons (Fsp3) is 0.167. The summed E-state index contributed by atoms with van der Waals surface area (Å²) < 4.78 is 27.2. The normalized spacial score (nSPS) is 9.75. The highest BCUT2D eigenvalue weighted by molar-refractivity contribution is 9.09. The van der Waals surface area contributed by atoms with Gasteiger partial charge in [-0.3, -0.25) is 9.48 Å². The van der Waals surface area contributed by atoms with Crippen molar-refractivity contribution >= 4 is 21.8 Å². The number of nitrogens with two attached hydrogens (primary N) is 1. The number of primary amides is 1. The van der Waals surface area contributed by atoms with Gasteiger partial charge >= 0.3 is 0 Å². The molecule has 0 aliphatic heterocycles. The lowest BCUT2D eigenvalue weighted by atomic mass is 10.2. The number of nitrogens with zero attached hydrogens (tertiary/aromatic N) is 2. The Morgan fingerprint density at radius 2 is 2.15 bits per heavy atom. The molecule has 3 N–H and O–H groups in total. The number of hydrogen-bond acceptors (Lipinski definition) is 3. The highest BCUT2D eigenvalue weighted by Crippen LogP contribution is 2.20. The van der Waals surface area contributed by atoms with Crippen LogP contribution in [0.1, 0.15) is 10.4 Å². The lowest BCUT2D eigenvalue weighted by molar-refractivity contribution is 0.0991. The van der Waals surface area contributed by atoms with Gasteiger partial charge in [-0.1, -0.05) is 15.9 Å². The van der Waals surface area contributed by atoms with E-state index in [0.717, 1.165) is 24.0 Å². The van der Waals surface area contributed by atoms with Gasteiger partial charge in [-0.2, -0.15) is 5.10 Å². The van der Waals surface area contributed by atoms with Crippen LogP contribution in [-0.4, -0.2) is 26.1 Å². The number of aromatic hydroxyl groups is 1. The quantitative estimate of drug-likeness (QED) is 0.833. The summed E-state index contributed by atoms with van der Waals surface area (Å²) in [6, 6.07) is 3.48. The molecule has 0 saturated heterocycles. The van der Waals surface area contributed by atoms with E-state index >= 15 is 0 Å². The molecular formula is C12H12BrF2N3O2. The Hall–Kier alpha value is -1.96. The van der Waals surface area contributed by atoms with E-state index < -0.39 is 28.9 Å². The summed E-state index contributed by atoms with van der Waals surface area (Å²) in [4.78, 5) is 10.4. The van der Waals surface area contributed by atoms with Crippen molar-refractivity contribution in [2.45, 2.75) is 6.54 Å². The van der Waals surface area contributed by atoms with E-state index in [-0.39, 0.29) is 0 Å². The number of hydrogen-bond donors (Lipinski definition) is 2. The van der Waals surface area contributed by atoms with E-state index in [1.165, 1.54) is 0 Å². The van der Waals surface area contributed by atoms with Crippen LogP contribution in [0.2, 0.25) is 0 Å². The third kappa shape index (κ3) is 4.30. The van der Waals surface area contributed by atoms with Gasteiger partial charge in [0.1, 0.15) is 11.4 Å². The molecule has 2 rings (SSSR count). The monoisotopic (exact) mass is 347 g/mol. The average Bonchev–Trinajstić information content (AvgIpc) is 2.88. The van der Waals surface area contributed by atoms with Gasteiger partial charge in [0.15, 0.2) is 11.6 Å². The Balaban J connectivity index is 0.000000217. The smallest absolute Gasteiger partial charge is 0.254 e. The maximum atomic E-state index is 12.7. The van der Waals surface area contributed by atoms with Crippen LogP contribution in [0.15, 0.2) is 30.6 Å². The molecular weight excluding hydrogens is 336 g/mol. The van der Waals surface area contributed by atoms with Crippen LogP contribution >= 0.6 is 15.9 Å². The molecule has 0 fully saturated rings. The Morgan fingerprint density at radius 1 is 1.45 bits per heavy atom. The van der Waals surface area contributed by atoms with E-state index in [0.29, 0.717) is 0 Å². The van der Waals surface area contributed by atoms with Gasteiger partial charge in [-0.05, 0) is 18.2 Å². The molecule has 1 heterocycles. The first kappa shape index (κ1) is 16.1. The number of aryl methyl sites for hydroxylation is 1. The average molecular weight is 348 g/mol.